The van der Waals surface area contributed by atoms with Crippen LogP contribution in [0.5, 0.6) is 17.2 Å². The Bertz CT molecular complexity index is 811. The zero-order valence-electron chi connectivity index (χ0n) is 14.1. The van der Waals surface area contributed by atoms with Gasteiger partial charge in [-0.1, -0.05) is 11.6 Å². The second kappa shape index (κ2) is 8.18. The lowest BCUT2D eigenvalue weighted by Crippen LogP contribution is -2.05. The highest BCUT2D eigenvalue weighted by atomic mass is 35.5. The van der Waals surface area contributed by atoms with Crippen molar-refractivity contribution < 1.29 is 27.4 Å². The highest BCUT2D eigenvalue weighted by Gasteiger charge is 2.30. The van der Waals surface area contributed by atoms with Crippen LogP contribution in [0, 0.1) is 0 Å². The minimum Gasteiger partial charge on any atom is -0.493 e. The number of benzene rings is 2. The molecule has 0 unspecified atom stereocenters. The average molecular weight is 389 g/mol. The van der Waals surface area contributed by atoms with E-state index in [2.05, 4.69) is 10.5 Å². The predicted octanol–water partition coefficient (Wildman–Crippen LogP) is 4.83. The molecule has 0 saturated carbocycles. The van der Waals surface area contributed by atoms with Crippen LogP contribution < -0.4 is 19.6 Å². The molecule has 0 saturated heterocycles. The van der Waals surface area contributed by atoms with Crippen LogP contribution >= 0.6 is 11.6 Å². The number of hydrogen-bond donors (Lipinski definition) is 1. The summed E-state index contributed by atoms with van der Waals surface area (Å²) in [5.74, 6) is 1.21. The van der Waals surface area contributed by atoms with E-state index in [9.17, 15) is 13.2 Å². The van der Waals surface area contributed by atoms with Gasteiger partial charge in [0.1, 0.15) is 0 Å². The van der Waals surface area contributed by atoms with E-state index >= 15 is 0 Å². The summed E-state index contributed by atoms with van der Waals surface area (Å²) in [4.78, 5) is 0. The second-order valence-electron chi connectivity index (χ2n) is 4.99. The van der Waals surface area contributed by atoms with Crippen molar-refractivity contribution in [2.24, 2.45) is 5.10 Å². The van der Waals surface area contributed by atoms with Gasteiger partial charge < -0.3 is 14.2 Å². The monoisotopic (exact) mass is 388 g/mol. The van der Waals surface area contributed by atoms with E-state index < -0.39 is 11.7 Å². The first-order valence-electron chi connectivity index (χ1n) is 7.26. The molecule has 0 aromatic heterocycles. The second-order valence-corrected chi connectivity index (χ2v) is 5.39. The van der Waals surface area contributed by atoms with Gasteiger partial charge in [-0.3, -0.25) is 5.43 Å². The van der Waals surface area contributed by atoms with Gasteiger partial charge in [-0.2, -0.15) is 18.3 Å². The molecular formula is C17H16ClF3N2O3. The molecule has 1 N–H and O–H groups in total. The molecule has 0 fully saturated rings. The summed E-state index contributed by atoms with van der Waals surface area (Å²) in [5.41, 5.74) is 2.22. The van der Waals surface area contributed by atoms with Gasteiger partial charge in [-0.15, -0.1) is 0 Å². The Morgan fingerprint density at radius 2 is 1.69 bits per heavy atom. The summed E-state index contributed by atoms with van der Waals surface area (Å²) in [6.45, 7) is 0. The maximum atomic E-state index is 12.8. The summed E-state index contributed by atoms with van der Waals surface area (Å²) in [5, 5.41) is 4.04. The maximum absolute atomic E-state index is 12.8. The molecule has 2 aromatic rings. The molecule has 9 heteroatoms. The van der Waals surface area contributed by atoms with E-state index in [-0.39, 0.29) is 10.7 Å². The normalized spacial score (nSPS) is 11.5. The van der Waals surface area contributed by atoms with Crippen LogP contribution in [-0.2, 0) is 6.18 Å². The van der Waals surface area contributed by atoms with Crippen LogP contribution in [0.4, 0.5) is 18.9 Å². The van der Waals surface area contributed by atoms with Crippen molar-refractivity contribution in [3.05, 3.63) is 46.5 Å². The molecule has 0 radical (unpaired) electrons. The lowest BCUT2D eigenvalue weighted by atomic mass is 10.2. The highest BCUT2D eigenvalue weighted by Crippen LogP contribution is 2.39. The van der Waals surface area contributed by atoms with Crippen molar-refractivity contribution >= 4 is 23.5 Å². The van der Waals surface area contributed by atoms with Gasteiger partial charge in [0.2, 0.25) is 5.75 Å². The Labute approximate surface area is 153 Å². The fraction of sp³-hybridized carbons (Fsp3) is 0.235. The number of methoxy groups -OCH3 is 3. The fourth-order valence-electron chi connectivity index (χ4n) is 2.18. The van der Waals surface area contributed by atoms with Crippen LogP contribution in [-0.4, -0.2) is 27.5 Å². The van der Waals surface area contributed by atoms with Crippen molar-refractivity contribution in [2.45, 2.75) is 6.18 Å². The third kappa shape index (κ3) is 4.32. The van der Waals surface area contributed by atoms with E-state index in [1.165, 1.54) is 27.5 Å². The number of hydrogen-bond acceptors (Lipinski definition) is 5. The number of nitrogens with one attached hydrogen (secondary N) is 1. The molecule has 5 nitrogen and oxygen atoms in total. The molecule has 26 heavy (non-hydrogen) atoms. The molecule has 0 aliphatic rings. The molecule has 0 amide bonds. The van der Waals surface area contributed by atoms with Crippen LogP contribution in [0.3, 0.4) is 0 Å². The average Bonchev–Trinajstić information content (AvgIpc) is 2.61. The van der Waals surface area contributed by atoms with Crippen molar-refractivity contribution in [3.8, 4) is 17.2 Å². The highest BCUT2D eigenvalue weighted by molar-refractivity contribution is 6.33. The lowest BCUT2D eigenvalue weighted by molar-refractivity contribution is -0.137. The van der Waals surface area contributed by atoms with Crippen LogP contribution in [0.1, 0.15) is 11.1 Å². The molecule has 140 valence electrons. The number of nitrogens with zero attached hydrogens (tertiary/aromatic N) is 1. The van der Waals surface area contributed by atoms with Gasteiger partial charge in [0, 0.05) is 5.56 Å². The van der Waals surface area contributed by atoms with Crippen LogP contribution in [0.25, 0.3) is 0 Å². The largest absolute Gasteiger partial charge is 0.493 e. The van der Waals surface area contributed by atoms with Crippen molar-refractivity contribution in [1.29, 1.82) is 0 Å². The zero-order chi connectivity index (χ0) is 19.3. The summed E-state index contributed by atoms with van der Waals surface area (Å²) in [6, 6.07) is 6.25. The minimum atomic E-state index is -4.47. The van der Waals surface area contributed by atoms with Gasteiger partial charge >= 0.3 is 6.18 Å². The molecule has 0 atom stereocenters. The molecule has 2 aromatic carbocycles. The number of alkyl halides is 3. The summed E-state index contributed by atoms with van der Waals surface area (Å²) >= 11 is 5.91. The third-order valence-electron chi connectivity index (χ3n) is 3.42. The van der Waals surface area contributed by atoms with Gasteiger partial charge in [0.05, 0.1) is 43.8 Å². The summed E-state index contributed by atoms with van der Waals surface area (Å²) in [7, 11) is 4.40. The molecule has 0 bridgehead atoms. The van der Waals surface area contributed by atoms with Crippen molar-refractivity contribution in [1.82, 2.24) is 0 Å². The Hall–Kier alpha value is -2.61. The van der Waals surface area contributed by atoms with Crippen molar-refractivity contribution in [2.75, 3.05) is 26.8 Å². The third-order valence-corrected chi connectivity index (χ3v) is 3.75. The summed E-state index contributed by atoms with van der Waals surface area (Å²) in [6.07, 6.45) is -3.10. The number of ether oxygens (including phenoxy) is 3. The Kier molecular flexibility index (Phi) is 6.20. The van der Waals surface area contributed by atoms with Crippen molar-refractivity contribution in [3.63, 3.8) is 0 Å². The number of hydrazone groups is 1. The molecule has 0 aliphatic carbocycles. The topological polar surface area (TPSA) is 52.1 Å². The number of anilines is 1. The fourth-order valence-corrected chi connectivity index (χ4v) is 2.34. The molecule has 0 heterocycles. The molecule has 0 aliphatic heterocycles. The van der Waals surface area contributed by atoms with Crippen LogP contribution in [0.2, 0.25) is 5.02 Å². The number of halogens is 4. The lowest BCUT2D eigenvalue weighted by Gasteiger charge is -2.14. The first-order chi connectivity index (χ1) is 12.3. The molecule has 0 spiro atoms. The van der Waals surface area contributed by atoms with Crippen LogP contribution in [0.15, 0.2) is 35.4 Å². The maximum Gasteiger partial charge on any atom is 0.416 e. The van der Waals surface area contributed by atoms with Gasteiger partial charge in [-0.05, 0) is 30.3 Å². The Morgan fingerprint density at radius 3 is 2.27 bits per heavy atom. The number of rotatable bonds is 6. The standard InChI is InChI=1S/C17H16ClF3N2O3/c1-24-14-7-4-10(15(25-2)16(14)26-3)9-22-23-13-8-11(17(19,20)21)5-6-12(13)18/h4-9,23H,1-3H3/b22-9-. The van der Waals surface area contributed by atoms with E-state index in [1.807, 2.05) is 0 Å². The van der Waals surface area contributed by atoms with E-state index in [1.54, 1.807) is 12.1 Å². The van der Waals surface area contributed by atoms with E-state index in [4.69, 9.17) is 25.8 Å². The predicted molar refractivity (Wildman–Crippen MR) is 93.8 cm³/mol. The minimum absolute atomic E-state index is 0.0252. The first-order valence-corrected chi connectivity index (χ1v) is 7.64. The first kappa shape index (κ1) is 19.7. The SMILES string of the molecule is COc1ccc(/C=N\Nc2cc(C(F)(F)F)ccc2Cl)c(OC)c1OC. The summed E-state index contributed by atoms with van der Waals surface area (Å²) < 4.78 is 54.1. The quantitative estimate of drug-likeness (QED) is 0.569. The van der Waals surface area contributed by atoms with E-state index in [0.717, 1.165) is 18.2 Å². The van der Waals surface area contributed by atoms with Gasteiger partial charge in [-0.25, -0.2) is 0 Å². The molecular weight excluding hydrogens is 373 g/mol. The smallest absolute Gasteiger partial charge is 0.416 e. The zero-order valence-corrected chi connectivity index (χ0v) is 14.9. The van der Waals surface area contributed by atoms with Gasteiger partial charge in [0.25, 0.3) is 0 Å². The Balaban J connectivity index is 2.29. The van der Waals surface area contributed by atoms with Gasteiger partial charge in [0.15, 0.2) is 11.5 Å². The Morgan fingerprint density at radius 1 is 1.00 bits per heavy atom. The molecule has 2 rings (SSSR count). The van der Waals surface area contributed by atoms with E-state index in [0.29, 0.717) is 22.8 Å².